The summed E-state index contributed by atoms with van der Waals surface area (Å²) in [5.74, 6) is -0.468. The van der Waals surface area contributed by atoms with Gasteiger partial charge in [-0.25, -0.2) is 0 Å². The van der Waals surface area contributed by atoms with Crippen molar-refractivity contribution < 1.29 is 19.1 Å². The summed E-state index contributed by atoms with van der Waals surface area (Å²) in [6.45, 7) is 0. The van der Waals surface area contributed by atoms with Crippen molar-refractivity contribution >= 4 is 11.9 Å². The SMILES string of the molecule is O=C1OC(=O)[C@@H]2[C@H]3CCC[C@H]([C@H]4O[C@H]34)[C@@H]12. The zero-order chi connectivity index (χ0) is 10.2. The van der Waals surface area contributed by atoms with E-state index in [0.717, 1.165) is 19.3 Å². The highest BCUT2D eigenvalue weighted by Crippen LogP contribution is 2.58. The Morgan fingerprint density at radius 3 is 2.00 bits per heavy atom. The maximum Gasteiger partial charge on any atom is 0.317 e. The van der Waals surface area contributed by atoms with E-state index in [4.69, 9.17) is 9.47 Å². The summed E-state index contributed by atoms with van der Waals surface area (Å²) in [5, 5.41) is 0. The van der Waals surface area contributed by atoms with Gasteiger partial charge in [-0.1, -0.05) is 6.42 Å². The van der Waals surface area contributed by atoms with E-state index in [1.165, 1.54) is 0 Å². The van der Waals surface area contributed by atoms with Crippen LogP contribution in [-0.4, -0.2) is 24.1 Å². The van der Waals surface area contributed by atoms with Gasteiger partial charge in [-0.15, -0.1) is 0 Å². The Bertz CT molecular complexity index is 332. The minimum atomic E-state index is -0.296. The number of epoxide rings is 1. The molecule has 0 aromatic rings. The number of fused-ring (bicyclic) bond motifs is 2. The molecular formula is C11H12O4. The van der Waals surface area contributed by atoms with Crippen LogP contribution >= 0.6 is 0 Å². The van der Waals surface area contributed by atoms with Gasteiger partial charge < -0.3 is 9.47 Å². The molecule has 4 heteroatoms. The summed E-state index contributed by atoms with van der Waals surface area (Å²) < 4.78 is 10.4. The summed E-state index contributed by atoms with van der Waals surface area (Å²) in [7, 11) is 0. The molecule has 5 fully saturated rings. The van der Waals surface area contributed by atoms with Gasteiger partial charge in [0.1, 0.15) is 0 Å². The van der Waals surface area contributed by atoms with E-state index in [2.05, 4.69) is 0 Å². The molecule has 2 bridgehead atoms. The highest BCUT2D eigenvalue weighted by atomic mass is 16.6. The number of cyclic esters (lactones) is 2. The van der Waals surface area contributed by atoms with Gasteiger partial charge >= 0.3 is 11.9 Å². The van der Waals surface area contributed by atoms with E-state index < -0.39 is 0 Å². The second kappa shape index (κ2) is 2.43. The number of hydrogen-bond donors (Lipinski definition) is 0. The molecule has 5 rings (SSSR count). The fourth-order valence-electron chi connectivity index (χ4n) is 3.92. The van der Waals surface area contributed by atoms with Crippen LogP contribution in [0.15, 0.2) is 0 Å². The Kier molecular flexibility index (Phi) is 1.34. The first kappa shape index (κ1) is 8.28. The van der Waals surface area contributed by atoms with Gasteiger partial charge in [0, 0.05) is 11.8 Å². The van der Waals surface area contributed by atoms with Crippen LogP contribution in [0.25, 0.3) is 0 Å². The first-order valence-electron chi connectivity index (χ1n) is 5.68. The third kappa shape index (κ3) is 0.869. The smallest absolute Gasteiger partial charge is 0.317 e. The minimum absolute atomic E-state index is 0.186. The molecular weight excluding hydrogens is 196 g/mol. The lowest BCUT2D eigenvalue weighted by Gasteiger charge is -2.27. The van der Waals surface area contributed by atoms with E-state index in [9.17, 15) is 9.59 Å². The number of hydrogen-bond acceptors (Lipinski definition) is 4. The van der Waals surface area contributed by atoms with Gasteiger partial charge in [0.25, 0.3) is 0 Å². The lowest BCUT2D eigenvalue weighted by molar-refractivity contribution is -0.154. The van der Waals surface area contributed by atoms with E-state index in [1.54, 1.807) is 0 Å². The molecule has 80 valence electrons. The molecule has 3 aliphatic carbocycles. The van der Waals surface area contributed by atoms with Crippen LogP contribution < -0.4 is 0 Å². The van der Waals surface area contributed by atoms with Gasteiger partial charge in [-0.05, 0) is 12.8 Å². The number of carbonyl (C=O) groups excluding carboxylic acids is 2. The van der Waals surface area contributed by atoms with Crippen molar-refractivity contribution in [1.29, 1.82) is 0 Å². The zero-order valence-corrected chi connectivity index (χ0v) is 8.22. The predicted octanol–water partition coefficient (Wildman–Crippen LogP) is 0.499. The van der Waals surface area contributed by atoms with Crippen LogP contribution in [0.4, 0.5) is 0 Å². The van der Waals surface area contributed by atoms with Crippen LogP contribution in [0, 0.1) is 23.7 Å². The molecule has 0 aromatic carbocycles. The van der Waals surface area contributed by atoms with Crippen molar-refractivity contribution in [2.45, 2.75) is 31.5 Å². The molecule has 0 unspecified atom stereocenters. The minimum Gasteiger partial charge on any atom is -0.393 e. The maximum atomic E-state index is 11.6. The van der Waals surface area contributed by atoms with Gasteiger partial charge in [0.05, 0.1) is 24.0 Å². The lowest BCUT2D eigenvalue weighted by Crippen LogP contribution is -2.39. The zero-order valence-electron chi connectivity index (χ0n) is 8.22. The van der Waals surface area contributed by atoms with Crippen LogP contribution in [-0.2, 0) is 19.1 Å². The van der Waals surface area contributed by atoms with Crippen LogP contribution in [0.1, 0.15) is 19.3 Å². The Balaban J connectivity index is 1.83. The standard InChI is InChI=1S/C11H12O4/c12-10-6-4-2-1-3-5(9-8(4)14-9)7(6)11(13)15-10/h4-9H,1-3H2/t4-,5+,6-,7-,8-,9-/m1/s1. The average Bonchev–Trinajstić information content (AvgIpc) is 2.96. The Morgan fingerprint density at radius 1 is 0.933 bits per heavy atom. The van der Waals surface area contributed by atoms with Crippen LogP contribution in [0.2, 0.25) is 0 Å². The monoisotopic (exact) mass is 208 g/mol. The normalized spacial score (nSPS) is 55.7. The largest absolute Gasteiger partial charge is 0.393 e. The first-order chi connectivity index (χ1) is 7.27. The predicted molar refractivity (Wildman–Crippen MR) is 47.6 cm³/mol. The summed E-state index contributed by atoms with van der Waals surface area (Å²) in [6.07, 6.45) is 3.65. The highest BCUT2D eigenvalue weighted by molar-refractivity contribution is 5.97. The third-order valence-electron chi connectivity index (χ3n) is 4.54. The summed E-state index contributed by atoms with van der Waals surface area (Å²) in [5.41, 5.74) is 0. The molecule has 5 aliphatic rings. The number of esters is 2. The molecule has 15 heavy (non-hydrogen) atoms. The van der Waals surface area contributed by atoms with Crippen molar-refractivity contribution in [3.8, 4) is 0 Å². The van der Waals surface area contributed by atoms with Crippen LogP contribution in [0.3, 0.4) is 0 Å². The van der Waals surface area contributed by atoms with E-state index in [1.807, 2.05) is 0 Å². The molecule has 0 spiro atoms. The molecule has 2 heterocycles. The van der Waals surface area contributed by atoms with E-state index >= 15 is 0 Å². The molecule has 0 amide bonds. The molecule has 4 nitrogen and oxygen atoms in total. The number of rotatable bonds is 0. The van der Waals surface area contributed by atoms with E-state index in [-0.39, 0.29) is 47.8 Å². The Labute approximate surface area is 86.9 Å². The molecule has 2 saturated heterocycles. The third-order valence-corrected chi connectivity index (χ3v) is 4.54. The highest BCUT2D eigenvalue weighted by Gasteiger charge is 2.68. The van der Waals surface area contributed by atoms with Gasteiger partial charge in [-0.2, -0.15) is 0 Å². The number of carbonyl (C=O) groups is 2. The Hall–Kier alpha value is -0.900. The quantitative estimate of drug-likeness (QED) is 0.330. The van der Waals surface area contributed by atoms with Crippen molar-refractivity contribution in [3.05, 3.63) is 0 Å². The summed E-state index contributed by atoms with van der Waals surface area (Å²) in [4.78, 5) is 23.3. The van der Waals surface area contributed by atoms with Crippen molar-refractivity contribution in [1.82, 2.24) is 0 Å². The van der Waals surface area contributed by atoms with Gasteiger partial charge in [0.15, 0.2) is 0 Å². The molecule has 2 aliphatic heterocycles. The van der Waals surface area contributed by atoms with Crippen LogP contribution in [0.5, 0.6) is 0 Å². The fourth-order valence-corrected chi connectivity index (χ4v) is 3.92. The lowest BCUT2D eigenvalue weighted by atomic mass is 9.69. The van der Waals surface area contributed by atoms with Gasteiger partial charge in [0.2, 0.25) is 0 Å². The molecule has 0 N–H and O–H groups in total. The first-order valence-corrected chi connectivity index (χ1v) is 5.68. The maximum absolute atomic E-state index is 11.6. The molecule has 0 radical (unpaired) electrons. The summed E-state index contributed by atoms with van der Waals surface area (Å²) in [6, 6.07) is 0. The topological polar surface area (TPSA) is 55.9 Å². The van der Waals surface area contributed by atoms with Crippen molar-refractivity contribution in [2.75, 3.05) is 0 Å². The van der Waals surface area contributed by atoms with Crippen molar-refractivity contribution in [3.63, 3.8) is 0 Å². The van der Waals surface area contributed by atoms with Gasteiger partial charge in [-0.3, -0.25) is 9.59 Å². The number of ether oxygens (including phenoxy) is 2. The molecule has 6 atom stereocenters. The molecule has 0 aromatic heterocycles. The summed E-state index contributed by atoms with van der Waals surface area (Å²) >= 11 is 0. The fraction of sp³-hybridized carbons (Fsp3) is 0.818. The Morgan fingerprint density at radius 2 is 1.47 bits per heavy atom. The molecule has 3 saturated carbocycles. The van der Waals surface area contributed by atoms with Crippen molar-refractivity contribution in [2.24, 2.45) is 23.7 Å². The second-order valence-corrected chi connectivity index (χ2v) is 5.12. The van der Waals surface area contributed by atoms with E-state index in [0.29, 0.717) is 0 Å². The second-order valence-electron chi connectivity index (χ2n) is 5.12. The average molecular weight is 208 g/mol.